The molecule has 7 heteroatoms. The van der Waals surface area contributed by atoms with Crippen LogP contribution in [0.15, 0.2) is 23.1 Å². The SMILES string of the molecule is N#Cc1ccc(S(=O)(=O)N2CCC(CO)CC2)c(Cl)c1. The normalized spacial score (nSPS) is 17.9. The first kappa shape index (κ1) is 15.3. The lowest BCUT2D eigenvalue weighted by atomic mass is 10.00. The summed E-state index contributed by atoms with van der Waals surface area (Å²) in [6.07, 6.45) is 1.28. The van der Waals surface area contributed by atoms with Crippen molar-refractivity contribution >= 4 is 21.6 Å². The first-order chi connectivity index (χ1) is 9.48. The zero-order valence-electron chi connectivity index (χ0n) is 10.8. The van der Waals surface area contributed by atoms with Gasteiger partial charge in [-0.05, 0) is 37.0 Å². The second-order valence-corrected chi connectivity index (χ2v) is 7.10. The molecule has 1 aromatic rings. The van der Waals surface area contributed by atoms with E-state index in [4.69, 9.17) is 22.0 Å². The van der Waals surface area contributed by atoms with Crippen molar-refractivity contribution in [2.24, 2.45) is 5.92 Å². The number of nitrogens with zero attached hydrogens (tertiary/aromatic N) is 2. The number of hydrogen-bond donors (Lipinski definition) is 1. The molecule has 5 nitrogen and oxygen atoms in total. The highest BCUT2D eigenvalue weighted by Crippen LogP contribution is 2.28. The van der Waals surface area contributed by atoms with Gasteiger partial charge in [0.05, 0.1) is 16.7 Å². The van der Waals surface area contributed by atoms with Crippen molar-refractivity contribution in [1.29, 1.82) is 5.26 Å². The molecule has 1 heterocycles. The van der Waals surface area contributed by atoms with Gasteiger partial charge in [-0.3, -0.25) is 0 Å². The van der Waals surface area contributed by atoms with E-state index in [0.29, 0.717) is 31.5 Å². The highest BCUT2D eigenvalue weighted by molar-refractivity contribution is 7.89. The van der Waals surface area contributed by atoms with Crippen LogP contribution < -0.4 is 0 Å². The monoisotopic (exact) mass is 314 g/mol. The Morgan fingerprint density at radius 2 is 2.05 bits per heavy atom. The van der Waals surface area contributed by atoms with Gasteiger partial charge < -0.3 is 5.11 Å². The maximum absolute atomic E-state index is 12.5. The molecule has 0 spiro atoms. The van der Waals surface area contributed by atoms with Crippen molar-refractivity contribution in [2.45, 2.75) is 17.7 Å². The molecular formula is C13H15ClN2O3S. The van der Waals surface area contributed by atoms with Gasteiger partial charge in [0, 0.05) is 19.7 Å². The first-order valence-electron chi connectivity index (χ1n) is 6.29. The Bertz CT molecular complexity index is 632. The van der Waals surface area contributed by atoms with Crippen LogP contribution in [0.5, 0.6) is 0 Å². The number of hydrogen-bond acceptors (Lipinski definition) is 4. The molecule has 0 atom stereocenters. The lowest BCUT2D eigenvalue weighted by Crippen LogP contribution is -2.39. The van der Waals surface area contributed by atoms with E-state index < -0.39 is 10.0 Å². The van der Waals surface area contributed by atoms with Crippen LogP contribution in [0.1, 0.15) is 18.4 Å². The number of benzene rings is 1. The Morgan fingerprint density at radius 3 is 2.55 bits per heavy atom. The lowest BCUT2D eigenvalue weighted by molar-refractivity contribution is 0.170. The van der Waals surface area contributed by atoms with Crippen LogP contribution in [0.4, 0.5) is 0 Å². The number of sulfonamides is 1. The highest BCUT2D eigenvalue weighted by atomic mass is 35.5. The van der Waals surface area contributed by atoms with Gasteiger partial charge in [-0.25, -0.2) is 8.42 Å². The Balaban J connectivity index is 2.25. The minimum Gasteiger partial charge on any atom is -0.396 e. The van der Waals surface area contributed by atoms with Gasteiger partial charge in [0.15, 0.2) is 0 Å². The molecule has 108 valence electrons. The quantitative estimate of drug-likeness (QED) is 0.919. The van der Waals surface area contributed by atoms with Crippen LogP contribution in [0.2, 0.25) is 5.02 Å². The summed E-state index contributed by atoms with van der Waals surface area (Å²) in [6.45, 7) is 0.847. The summed E-state index contributed by atoms with van der Waals surface area (Å²) in [5, 5.41) is 17.9. The molecule has 0 amide bonds. The topological polar surface area (TPSA) is 81.4 Å². The van der Waals surface area contributed by atoms with Gasteiger partial charge in [-0.1, -0.05) is 11.6 Å². The van der Waals surface area contributed by atoms with E-state index in [2.05, 4.69) is 0 Å². The molecule has 1 aliphatic heterocycles. The summed E-state index contributed by atoms with van der Waals surface area (Å²) >= 11 is 5.97. The maximum Gasteiger partial charge on any atom is 0.244 e. The maximum atomic E-state index is 12.5. The zero-order chi connectivity index (χ0) is 14.8. The number of aliphatic hydroxyl groups excluding tert-OH is 1. The second-order valence-electron chi connectivity index (χ2n) is 4.79. The summed E-state index contributed by atoms with van der Waals surface area (Å²) in [5.74, 6) is 0.165. The van der Waals surface area contributed by atoms with Crippen molar-refractivity contribution in [1.82, 2.24) is 4.31 Å². The molecule has 1 aliphatic rings. The lowest BCUT2D eigenvalue weighted by Gasteiger charge is -2.30. The number of nitriles is 1. The summed E-state index contributed by atoms with van der Waals surface area (Å²) in [4.78, 5) is 0.0283. The summed E-state index contributed by atoms with van der Waals surface area (Å²) in [6, 6.07) is 6.09. The number of aliphatic hydroxyl groups is 1. The largest absolute Gasteiger partial charge is 0.396 e. The Labute approximate surface area is 123 Å². The molecule has 0 radical (unpaired) electrons. The molecule has 1 fully saturated rings. The van der Waals surface area contributed by atoms with E-state index in [0.717, 1.165) is 0 Å². The van der Waals surface area contributed by atoms with Gasteiger partial charge in [-0.15, -0.1) is 0 Å². The molecule has 0 unspecified atom stereocenters. The average molecular weight is 315 g/mol. The summed E-state index contributed by atoms with van der Waals surface area (Å²) in [7, 11) is -3.64. The Hall–Kier alpha value is -1.13. The van der Waals surface area contributed by atoms with Gasteiger partial charge in [0.1, 0.15) is 4.90 Å². The third-order valence-corrected chi connectivity index (χ3v) is 5.89. The molecule has 1 aromatic carbocycles. The standard InChI is InChI=1S/C13H15ClN2O3S/c14-12-7-11(8-15)1-2-13(12)20(18,19)16-5-3-10(9-17)4-6-16/h1-2,7,10,17H,3-6,9H2. The van der Waals surface area contributed by atoms with Crippen molar-refractivity contribution in [3.05, 3.63) is 28.8 Å². The molecular weight excluding hydrogens is 300 g/mol. The smallest absolute Gasteiger partial charge is 0.244 e. The third kappa shape index (κ3) is 2.96. The fourth-order valence-electron chi connectivity index (χ4n) is 2.25. The molecule has 1 saturated heterocycles. The first-order valence-corrected chi connectivity index (χ1v) is 8.11. The van der Waals surface area contributed by atoms with E-state index in [1.807, 2.05) is 6.07 Å². The Kier molecular flexibility index (Phi) is 4.66. The van der Waals surface area contributed by atoms with Crippen molar-refractivity contribution in [2.75, 3.05) is 19.7 Å². The number of rotatable bonds is 3. The summed E-state index contributed by atoms with van der Waals surface area (Å²) in [5.41, 5.74) is 0.327. The van der Waals surface area contributed by atoms with Crippen LogP contribution in [-0.2, 0) is 10.0 Å². The van der Waals surface area contributed by atoms with E-state index in [1.54, 1.807) is 0 Å². The molecule has 1 N–H and O–H groups in total. The summed E-state index contributed by atoms with van der Waals surface area (Å²) < 4.78 is 26.4. The van der Waals surface area contributed by atoms with Crippen LogP contribution in [0, 0.1) is 17.2 Å². The number of halogens is 1. The van der Waals surface area contributed by atoms with E-state index >= 15 is 0 Å². The molecule has 0 aromatic heterocycles. The van der Waals surface area contributed by atoms with Crippen molar-refractivity contribution < 1.29 is 13.5 Å². The molecule has 0 bridgehead atoms. The Morgan fingerprint density at radius 1 is 1.40 bits per heavy atom. The second kappa shape index (κ2) is 6.10. The van der Waals surface area contributed by atoms with Crippen LogP contribution in [0.25, 0.3) is 0 Å². The predicted molar refractivity (Wildman–Crippen MR) is 74.7 cm³/mol. The van der Waals surface area contributed by atoms with Crippen LogP contribution >= 0.6 is 11.6 Å². The van der Waals surface area contributed by atoms with Gasteiger partial charge >= 0.3 is 0 Å². The van der Waals surface area contributed by atoms with E-state index in [-0.39, 0.29) is 22.4 Å². The van der Waals surface area contributed by atoms with Gasteiger partial charge in [-0.2, -0.15) is 9.57 Å². The zero-order valence-corrected chi connectivity index (χ0v) is 12.4. The third-order valence-electron chi connectivity index (χ3n) is 3.51. The number of piperidine rings is 1. The average Bonchev–Trinajstić information content (AvgIpc) is 2.46. The van der Waals surface area contributed by atoms with Gasteiger partial charge in [0.25, 0.3) is 0 Å². The predicted octanol–water partition coefficient (Wildman–Crippen LogP) is 1.60. The molecule has 20 heavy (non-hydrogen) atoms. The highest BCUT2D eigenvalue weighted by Gasteiger charge is 2.30. The fraction of sp³-hybridized carbons (Fsp3) is 0.462. The minimum absolute atomic E-state index is 0.0283. The van der Waals surface area contributed by atoms with E-state index in [9.17, 15) is 8.42 Å². The molecule has 0 aliphatic carbocycles. The minimum atomic E-state index is -3.64. The molecule has 2 rings (SSSR count). The van der Waals surface area contributed by atoms with Crippen LogP contribution in [0.3, 0.4) is 0 Å². The van der Waals surface area contributed by atoms with Crippen molar-refractivity contribution in [3.8, 4) is 6.07 Å². The van der Waals surface area contributed by atoms with E-state index in [1.165, 1.54) is 22.5 Å². The van der Waals surface area contributed by atoms with Gasteiger partial charge in [0.2, 0.25) is 10.0 Å². The molecule has 0 saturated carbocycles. The fourth-order valence-corrected chi connectivity index (χ4v) is 4.24. The van der Waals surface area contributed by atoms with Crippen molar-refractivity contribution in [3.63, 3.8) is 0 Å². The van der Waals surface area contributed by atoms with Crippen LogP contribution in [-0.4, -0.2) is 37.5 Å².